The quantitative estimate of drug-likeness (QED) is 0.532. The highest BCUT2D eigenvalue weighted by Gasteiger charge is 2.28. The van der Waals surface area contributed by atoms with Crippen LogP contribution in [0.5, 0.6) is 0 Å². The molecule has 94 valence electrons. The largest absolute Gasteiger partial charge is 0.298 e. The minimum atomic E-state index is -0.361. The molecule has 0 bridgehead atoms. The molecule has 0 spiro atoms. The number of hydrogen-bond acceptors (Lipinski definition) is 1. The minimum Gasteiger partial charge on any atom is -0.298 e. The molecule has 0 aromatic heterocycles. The van der Waals surface area contributed by atoms with Crippen molar-refractivity contribution in [3.05, 3.63) is 33.1 Å². The molecular formula is C13H15BrFIO. The van der Waals surface area contributed by atoms with Crippen molar-refractivity contribution in [2.75, 3.05) is 0 Å². The number of carbonyl (C=O) groups excluding carboxylic acids is 1. The van der Waals surface area contributed by atoms with Crippen molar-refractivity contribution in [2.45, 2.75) is 32.0 Å². The molecule has 0 N–H and O–H groups in total. The highest BCUT2D eigenvalue weighted by atomic mass is 127. The summed E-state index contributed by atoms with van der Waals surface area (Å²) in [4.78, 5) is 11.8. The number of hydrogen-bond donors (Lipinski definition) is 0. The first-order valence-corrected chi connectivity index (χ1v) is 7.33. The Hall–Kier alpha value is 0.0300. The molecule has 0 radical (unpaired) electrons. The molecule has 0 saturated carbocycles. The summed E-state index contributed by atoms with van der Waals surface area (Å²) >= 11 is 5.51. The summed E-state index contributed by atoms with van der Waals surface area (Å²) in [5.74, 6) is -0.0796. The van der Waals surface area contributed by atoms with E-state index in [0.29, 0.717) is 6.42 Å². The van der Waals surface area contributed by atoms with Crippen LogP contribution in [-0.2, 0) is 11.2 Å². The maximum absolute atomic E-state index is 12.9. The van der Waals surface area contributed by atoms with Crippen LogP contribution in [0, 0.1) is 14.8 Å². The van der Waals surface area contributed by atoms with Crippen molar-refractivity contribution in [1.82, 2.24) is 0 Å². The highest BCUT2D eigenvalue weighted by Crippen LogP contribution is 2.25. The zero-order valence-electron chi connectivity index (χ0n) is 10.1. The van der Waals surface area contributed by atoms with Gasteiger partial charge < -0.3 is 0 Å². The van der Waals surface area contributed by atoms with Gasteiger partial charge in [-0.1, -0.05) is 42.8 Å². The normalized spacial score (nSPS) is 13.5. The van der Waals surface area contributed by atoms with Crippen LogP contribution in [0.2, 0.25) is 0 Å². The van der Waals surface area contributed by atoms with Gasteiger partial charge in [0.2, 0.25) is 0 Å². The summed E-state index contributed by atoms with van der Waals surface area (Å²) in [7, 11) is 0. The predicted octanol–water partition coefficient (Wildman–Crippen LogP) is 4.35. The van der Waals surface area contributed by atoms with Crippen LogP contribution < -0.4 is 0 Å². The summed E-state index contributed by atoms with van der Waals surface area (Å²) in [6.07, 6.45) is 0.592. The van der Waals surface area contributed by atoms with E-state index in [1.54, 1.807) is 6.07 Å². The van der Waals surface area contributed by atoms with E-state index >= 15 is 0 Å². The Kier molecular flexibility index (Phi) is 5.13. The van der Waals surface area contributed by atoms with Crippen molar-refractivity contribution in [3.8, 4) is 0 Å². The van der Waals surface area contributed by atoms with Crippen LogP contribution in [0.15, 0.2) is 18.2 Å². The second-order valence-corrected chi connectivity index (χ2v) is 7.29. The summed E-state index contributed by atoms with van der Waals surface area (Å²) < 4.78 is 13.8. The molecule has 1 nitrogen and oxygen atoms in total. The summed E-state index contributed by atoms with van der Waals surface area (Å²) in [6.45, 7) is 5.71. The summed E-state index contributed by atoms with van der Waals surface area (Å²) in [5, 5.41) is 0. The molecule has 1 aromatic rings. The molecule has 1 aromatic carbocycles. The average Bonchev–Trinajstić information content (AvgIpc) is 2.19. The monoisotopic (exact) mass is 412 g/mol. The van der Waals surface area contributed by atoms with Crippen molar-refractivity contribution in [1.29, 1.82) is 0 Å². The topological polar surface area (TPSA) is 17.1 Å². The SMILES string of the molecule is CC(C)(C)C(=O)C(Br)Cc1ccc(F)cc1I. The third-order valence-electron chi connectivity index (χ3n) is 2.44. The molecule has 17 heavy (non-hydrogen) atoms. The highest BCUT2D eigenvalue weighted by molar-refractivity contribution is 14.1. The van der Waals surface area contributed by atoms with Crippen LogP contribution in [0.4, 0.5) is 4.39 Å². The lowest BCUT2D eigenvalue weighted by molar-refractivity contribution is -0.125. The van der Waals surface area contributed by atoms with Crippen molar-refractivity contribution >= 4 is 44.3 Å². The van der Waals surface area contributed by atoms with E-state index in [-0.39, 0.29) is 21.8 Å². The van der Waals surface area contributed by atoms with Gasteiger partial charge in [0.1, 0.15) is 5.82 Å². The molecular weight excluding hydrogens is 398 g/mol. The first-order valence-electron chi connectivity index (χ1n) is 5.34. The number of rotatable bonds is 3. The molecule has 1 unspecified atom stereocenters. The van der Waals surface area contributed by atoms with E-state index in [9.17, 15) is 9.18 Å². The zero-order chi connectivity index (χ0) is 13.2. The number of alkyl halides is 1. The third kappa shape index (κ3) is 4.32. The van der Waals surface area contributed by atoms with E-state index in [2.05, 4.69) is 38.5 Å². The van der Waals surface area contributed by atoms with Gasteiger partial charge in [-0.2, -0.15) is 0 Å². The van der Waals surface area contributed by atoms with E-state index < -0.39 is 0 Å². The van der Waals surface area contributed by atoms with Crippen LogP contribution in [-0.4, -0.2) is 10.6 Å². The van der Waals surface area contributed by atoms with Gasteiger partial charge in [0.05, 0.1) is 4.83 Å². The molecule has 0 aliphatic rings. The number of benzene rings is 1. The Morgan fingerprint density at radius 3 is 2.53 bits per heavy atom. The van der Waals surface area contributed by atoms with Gasteiger partial charge in [0.15, 0.2) is 5.78 Å². The van der Waals surface area contributed by atoms with Crippen LogP contribution in [0.25, 0.3) is 0 Å². The van der Waals surface area contributed by atoms with Gasteiger partial charge in [-0.3, -0.25) is 4.79 Å². The zero-order valence-corrected chi connectivity index (χ0v) is 13.8. The van der Waals surface area contributed by atoms with E-state index in [0.717, 1.165) is 9.13 Å². The summed E-state index contributed by atoms with van der Waals surface area (Å²) in [6, 6.07) is 4.65. The second kappa shape index (κ2) is 5.78. The first-order chi connectivity index (χ1) is 7.71. The maximum Gasteiger partial charge on any atom is 0.152 e. The fourth-order valence-electron chi connectivity index (χ4n) is 1.44. The van der Waals surface area contributed by atoms with Crippen molar-refractivity contribution < 1.29 is 9.18 Å². The third-order valence-corrected chi connectivity index (χ3v) is 4.18. The van der Waals surface area contributed by atoms with Crippen LogP contribution in [0.1, 0.15) is 26.3 Å². The Morgan fingerprint density at radius 2 is 2.06 bits per heavy atom. The fraction of sp³-hybridized carbons (Fsp3) is 0.462. The van der Waals surface area contributed by atoms with E-state index in [4.69, 9.17) is 0 Å². The van der Waals surface area contributed by atoms with Crippen molar-refractivity contribution in [2.24, 2.45) is 5.41 Å². The number of halogens is 3. The Bertz CT molecular complexity index is 426. The Balaban J connectivity index is 2.81. The lowest BCUT2D eigenvalue weighted by atomic mass is 9.87. The first kappa shape index (κ1) is 15.1. The molecule has 1 rings (SSSR count). The van der Waals surface area contributed by atoms with Gasteiger partial charge in [-0.05, 0) is 46.7 Å². The molecule has 0 heterocycles. The maximum atomic E-state index is 12.9. The molecule has 0 fully saturated rings. The Morgan fingerprint density at radius 1 is 1.47 bits per heavy atom. The van der Waals surface area contributed by atoms with Gasteiger partial charge >= 0.3 is 0 Å². The van der Waals surface area contributed by atoms with Crippen molar-refractivity contribution in [3.63, 3.8) is 0 Å². The molecule has 0 aliphatic heterocycles. The predicted molar refractivity (Wildman–Crippen MR) is 80.0 cm³/mol. The van der Waals surface area contributed by atoms with Crippen LogP contribution in [0.3, 0.4) is 0 Å². The number of Topliss-reactive ketones (excluding diaryl/α,β-unsaturated/α-hetero) is 1. The lowest BCUT2D eigenvalue weighted by Crippen LogP contribution is -2.30. The minimum absolute atomic E-state index is 0.164. The molecule has 0 amide bonds. The second-order valence-electron chi connectivity index (χ2n) is 5.02. The van der Waals surface area contributed by atoms with Gasteiger partial charge in [0, 0.05) is 8.99 Å². The molecule has 0 aliphatic carbocycles. The molecule has 4 heteroatoms. The van der Waals surface area contributed by atoms with Crippen LogP contribution >= 0.6 is 38.5 Å². The average molecular weight is 413 g/mol. The van der Waals surface area contributed by atoms with Gasteiger partial charge in [-0.25, -0.2) is 4.39 Å². The molecule has 1 atom stereocenters. The lowest BCUT2D eigenvalue weighted by Gasteiger charge is -2.21. The van der Waals surface area contributed by atoms with Gasteiger partial charge in [0.25, 0.3) is 0 Å². The smallest absolute Gasteiger partial charge is 0.152 e. The van der Waals surface area contributed by atoms with Gasteiger partial charge in [-0.15, -0.1) is 0 Å². The van der Waals surface area contributed by atoms with E-state index in [1.165, 1.54) is 12.1 Å². The summed E-state index contributed by atoms with van der Waals surface area (Å²) in [5.41, 5.74) is 0.631. The number of ketones is 1. The Labute approximate surface area is 123 Å². The molecule has 0 saturated heterocycles. The fourth-order valence-corrected chi connectivity index (χ4v) is 3.18. The van der Waals surface area contributed by atoms with E-state index in [1.807, 2.05) is 20.8 Å². The number of carbonyl (C=O) groups is 1. The standard InChI is InChI=1S/C13H15BrFIO/c1-13(2,3)12(17)10(14)6-8-4-5-9(15)7-11(8)16/h4-5,7,10H,6H2,1-3H3.